The van der Waals surface area contributed by atoms with Gasteiger partial charge in [-0.2, -0.15) is 26.3 Å². The molecule has 1 amide bonds. The van der Waals surface area contributed by atoms with Crippen molar-refractivity contribution in [2.45, 2.75) is 25.2 Å². The normalized spacial score (nSPS) is 16.4. The van der Waals surface area contributed by atoms with E-state index in [2.05, 4.69) is 10.6 Å². The fraction of sp³-hybridized carbons (Fsp3) is 0.500. The smallest absolute Gasteiger partial charge is 0.326 e. The fourth-order valence-corrected chi connectivity index (χ4v) is 2.36. The predicted octanol–water partition coefficient (Wildman–Crippen LogP) is 4.08. The van der Waals surface area contributed by atoms with Crippen LogP contribution >= 0.6 is 12.4 Å². The highest BCUT2D eigenvalue weighted by atomic mass is 35.5. The third-order valence-electron chi connectivity index (χ3n) is 3.57. The van der Waals surface area contributed by atoms with Gasteiger partial charge in [-0.25, -0.2) is 0 Å². The molecule has 3 nitrogen and oxygen atoms in total. The van der Waals surface area contributed by atoms with E-state index in [9.17, 15) is 31.1 Å². The zero-order chi connectivity index (χ0) is 17.3. The van der Waals surface area contributed by atoms with E-state index in [4.69, 9.17) is 0 Å². The quantitative estimate of drug-likeness (QED) is 0.764. The van der Waals surface area contributed by atoms with Gasteiger partial charge in [-0.3, -0.25) is 4.79 Å². The number of carbonyl (C=O) groups excluding carboxylic acids is 1. The van der Waals surface area contributed by atoms with Crippen molar-refractivity contribution in [1.82, 2.24) is 5.32 Å². The third-order valence-corrected chi connectivity index (χ3v) is 3.57. The first-order valence-electron chi connectivity index (χ1n) is 6.88. The highest BCUT2D eigenvalue weighted by molar-refractivity contribution is 5.92. The van der Waals surface area contributed by atoms with Crippen LogP contribution in [0.1, 0.15) is 24.0 Å². The summed E-state index contributed by atoms with van der Waals surface area (Å²) in [6.45, 7) is 1.16. The van der Waals surface area contributed by atoms with Gasteiger partial charge in [-0.1, -0.05) is 0 Å². The zero-order valence-corrected chi connectivity index (χ0v) is 13.0. The number of hydrogen-bond donors (Lipinski definition) is 2. The Balaban J connectivity index is 0.00000288. The second-order valence-electron chi connectivity index (χ2n) is 5.31. The van der Waals surface area contributed by atoms with Gasteiger partial charge in [0, 0.05) is 11.6 Å². The Labute approximate surface area is 140 Å². The summed E-state index contributed by atoms with van der Waals surface area (Å²) in [6.07, 6.45) is -8.90. The summed E-state index contributed by atoms with van der Waals surface area (Å²) in [4.78, 5) is 12.0. The summed E-state index contributed by atoms with van der Waals surface area (Å²) in [5, 5.41) is 5.18. The van der Waals surface area contributed by atoms with Crippen LogP contribution < -0.4 is 10.6 Å². The molecule has 0 saturated carbocycles. The Bertz CT molecular complexity index is 549. The summed E-state index contributed by atoms with van der Waals surface area (Å²) < 4.78 is 76.4. The van der Waals surface area contributed by atoms with E-state index >= 15 is 0 Å². The van der Waals surface area contributed by atoms with Gasteiger partial charge in [0.15, 0.2) is 0 Å². The van der Waals surface area contributed by atoms with Gasteiger partial charge >= 0.3 is 12.4 Å². The maximum Gasteiger partial charge on any atom is 0.416 e. The van der Waals surface area contributed by atoms with Crippen LogP contribution in [0.15, 0.2) is 18.2 Å². The van der Waals surface area contributed by atoms with E-state index in [0.29, 0.717) is 38.1 Å². The van der Waals surface area contributed by atoms with Gasteiger partial charge in [-0.15, -0.1) is 12.4 Å². The predicted molar refractivity (Wildman–Crippen MR) is 77.9 cm³/mol. The summed E-state index contributed by atoms with van der Waals surface area (Å²) in [7, 11) is 0. The van der Waals surface area contributed by atoms with Crippen molar-refractivity contribution in [3.63, 3.8) is 0 Å². The van der Waals surface area contributed by atoms with E-state index in [0.717, 1.165) is 0 Å². The average molecular weight is 377 g/mol. The first kappa shape index (κ1) is 20.6. The summed E-state index contributed by atoms with van der Waals surface area (Å²) in [6, 6.07) is 1.04. The van der Waals surface area contributed by atoms with Gasteiger partial charge in [0.2, 0.25) is 5.91 Å². The highest BCUT2D eigenvalue weighted by Gasteiger charge is 2.37. The molecule has 2 rings (SSSR count). The Kier molecular flexibility index (Phi) is 6.52. The van der Waals surface area contributed by atoms with Crippen LogP contribution in [0.2, 0.25) is 0 Å². The lowest BCUT2D eigenvalue weighted by atomic mass is 9.97. The second kappa shape index (κ2) is 7.60. The molecule has 0 unspecified atom stereocenters. The number of anilines is 1. The molecule has 0 aromatic heterocycles. The van der Waals surface area contributed by atoms with Crippen LogP contribution in [0, 0.1) is 5.92 Å². The van der Waals surface area contributed by atoms with Crippen molar-refractivity contribution < 1.29 is 31.1 Å². The summed E-state index contributed by atoms with van der Waals surface area (Å²) in [5.74, 6) is -1.00. The maximum atomic E-state index is 12.7. The molecule has 136 valence electrons. The van der Waals surface area contributed by atoms with Crippen LogP contribution in [0.4, 0.5) is 32.0 Å². The first-order chi connectivity index (χ1) is 10.6. The average Bonchev–Trinajstić information content (AvgIpc) is 2.46. The lowest BCUT2D eigenvalue weighted by Crippen LogP contribution is -2.34. The first-order valence-corrected chi connectivity index (χ1v) is 6.88. The summed E-state index contributed by atoms with van der Waals surface area (Å²) >= 11 is 0. The number of rotatable bonds is 2. The number of hydrogen-bond acceptors (Lipinski definition) is 2. The molecule has 1 saturated heterocycles. The number of piperidine rings is 1. The van der Waals surface area contributed by atoms with Crippen LogP contribution in [0.3, 0.4) is 0 Å². The van der Waals surface area contributed by atoms with E-state index in [-0.39, 0.29) is 18.5 Å². The molecule has 10 heteroatoms. The lowest BCUT2D eigenvalue weighted by molar-refractivity contribution is -0.143. The van der Waals surface area contributed by atoms with Crippen molar-refractivity contribution in [3.05, 3.63) is 29.3 Å². The van der Waals surface area contributed by atoms with Crippen molar-refractivity contribution in [2.24, 2.45) is 5.92 Å². The van der Waals surface area contributed by atoms with Gasteiger partial charge in [0.05, 0.1) is 11.1 Å². The molecule has 0 aliphatic carbocycles. The largest absolute Gasteiger partial charge is 0.416 e. The molecule has 0 spiro atoms. The zero-order valence-electron chi connectivity index (χ0n) is 12.2. The Morgan fingerprint density at radius 3 is 1.83 bits per heavy atom. The highest BCUT2D eigenvalue weighted by Crippen LogP contribution is 2.37. The molecular weight excluding hydrogens is 362 g/mol. The minimum Gasteiger partial charge on any atom is -0.326 e. The van der Waals surface area contributed by atoms with Crippen LogP contribution in [0.25, 0.3) is 0 Å². The second-order valence-corrected chi connectivity index (χ2v) is 5.31. The molecule has 1 heterocycles. The molecule has 1 fully saturated rings. The van der Waals surface area contributed by atoms with Crippen LogP contribution in [-0.2, 0) is 17.1 Å². The number of amides is 1. The van der Waals surface area contributed by atoms with Crippen molar-refractivity contribution in [3.8, 4) is 0 Å². The van der Waals surface area contributed by atoms with Crippen molar-refractivity contribution in [1.29, 1.82) is 0 Å². The van der Waals surface area contributed by atoms with Gasteiger partial charge in [0.1, 0.15) is 0 Å². The van der Waals surface area contributed by atoms with E-state index in [1.54, 1.807) is 0 Å². The van der Waals surface area contributed by atoms with Crippen molar-refractivity contribution >= 4 is 24.0 Å². The number of carbonyl (C=O) groups is 1. The monoisotopic (exact) mass is 376 g/mol. The molecule has 24 heavy (non-hydrogen) atoms. The standard InChI is InChI=1S/C14H14F6N2O.ClH/c15-13(16,17)9-5-10(14(18,19)20)7-11(6-9)22-12(23)8-1-3-21-4-2-8;/h5-8,21H,1-4H2,(H,22,23);1H. The van der Waals surface area contributed by atoms with Crippen molar-refractivity contribution in [2.75, 3.05) is 18.4 Å². The number of alkyl halides is 6. The SMILES string of the molecule is Cl.O=C(Nc1cc(C(F)(F)F)cc(C(F)(F)F)c1)C1CCNCC1. The third kappa shape index (κ3) is 5.27. The maximum absolute atomic E-state index is 12.7. The Morgan fingerprint density at radius 1 is 0.958 bits per heavy atom. The molecule has 1 aromatic carbocycles. The summed E-state index contributed by atoms with van der Waals surface area (Å²) in [5.41, 5.74) is -3.41. The molecule has 1 aliphatic rings. The molecule has 0 atom stereocenters. The molecule has 1 aromatic rings. The topological polar surface area (TPSA) is 41.1 Å². The van der Waals surface area contributed by atoms with E-state index in [1.807, 2.05) is 0 Å². The molecule has 2 N–H and O–H groups in total. The van der Waals surface area contributed by atoms with E-state index in [1.165, 1.54) is 0 Å². The number of halogens is 7. The minimum absolute atomic E-state index is 0. The fourth-order valence-electron chi connectivity index (χ4n) is 2.36. The molecule has 0 radical (unpaired) electrons. The lowest BCUT2D eigenvalue weighted by Gasteiger charge is -2.22. The Morgan fingerprint density at radius 2 is 1.42 bits per heavy atom. The molecule has 0 bridgehead atoms. The number of nitrogens with one attached hydrogen (secondary N) is 2. The minimum atomic E-state index is -4.94. The molecule has 1 aliphatic heterocycles. The van der Waals surface area contributed by atoms with Crippen LogP contribution in [0.5, 0.6) is 0 Å². The van der Waals surface area contributed by atoms with E-state index < -0.39 is 41.0 Å². The van der Waals surface area contributed by atoms with Crippen LogP contribution in [-0.4, -0.2) is 19.0 Å². The Hall–Kier alpha value is -1.48. The van der Waals surface area contributed by atoms with Gasteiger partial charge in [-0.05, 0) is 44.1 Å². The molecular formula is C14H15ClF6N2O. The van der Waals surface area contributed by atoms with Gasteiger partial charge in [0.25, 0.3) is 0 Å². The van der Waals surface area contributed by atoms with Gasteiger partial charge < -0.3 is 10.6 Å². The number of benzene rings is 1.